The van der Waals surface area contributed by atoms with E-state index >= 15 is 0 Å². The number of aliphatic carboxylic acids is 1. The molecule has 1 atom stereocenters. The van der Waals surface area contributed by atoms with Crippen molar-refractivity contribution in [2.45, 2.75) is 30.9 Å². The summed E-state index contributed by atoms with van der Waals surface area (Å²) in [5.41, 5.74) is -1.62. The van der Waals surface area contributed by atoms with Gasteiger partial charge in [-0.05, 0) is 58.7 Å². The van der Waals surface area contributed by atoms with Crippen LogP contribution < -0.4 is 4.74 Å². The van der Waals surface area contributed by atoms with Gasteiger partial charge in [0.05, 0.1) is 5.56 Å². The molecule has 0 aliphatic rings. The molecule has 1 heterocycles. The molecule has 4 nitrogen and oxygen atoms in total. The van der Waals surface area contributed by atoms with E-state index in [0.29, 0.717) is 15.9 Å². The summed E-state index contributed by atoms with van der Waals surface area (Å²) in [5, 5.41) is 9.58. The van der Waals surface area contributed by atoms with Crippen molar-refractivity contribution >= 4 is 5.97 Å². The lowest BCUT2D eigenvalue weighted by Gasteiger charge is -2.33. The number of nitrogens with zero attached hydrogens (tertiary/aromatic N) is 1. The highest BCUT2D eigenvalue weighted by atomic mass is 19.4. The third kappa shape index (κ3) is 5.53. The van der Waals surface area contributed by atoms with Crippen molar-refractivity contribution in [3.05, 3.63) is 114 Å². The maximum atomic E-state index is 14.0. The molecule has 1 aromatic heterocycles. The Balaban J connectivity index is 1.42. The molecule has 4 aromatic rings. The van der Waals surface area contributed by atoms with Crippen molar-refractivity contribution in [3.63, 3.8) is 0 Å². The molecule has 0 saturated carbocycles. The van der Waals surface area contributed by atoms with Gasteiger partial charge in [0.15, 0.2) is 0 Å². The SMILES string of the molecule is O=C(O)[C@@](Cc1ccc(OCc2ccc(-c3ccc(C(F)(F)F)cc3)cc2)cc1)(n1cccc1)C(F)(F)F. The fraction of sp³-hybridized carbons (Fsp3) is 0.179. The summed E-state index contributed by atoms with van der Waals surface area (Å²) in [7, 11) is 0. The van der Waals surface area contributed by atoms with Crippen LogP contribution >= 0.6 is 0 Å². The van der Waals surface area contributed by atoms with E-state index in [9.17, 15) is 36.2 Å². The highest BCUT2D eigenvalue weighted by Crippen LogP contribution is 2.40. The highest BCUT2D eigenvalue weighted by molar-refractivity contribution is 5.78. The van der Waals surface area contributed by atoms with Crippen LogP contribution in [0.25, 0.3) is 11.1 Å². The van der Waals surface area contributed by atoms with Gasteiger partial charge >= 0.3 is 18.3 Å². The van der Waals surface area contributed by atoms with E-state index in [0.717, 1.165) is 35.7 Å². The van der Waals surface area contributed by atoms with Crippen molar-refractivity contribution < 1.29 is 41.0 Å². The van der Waals surface area contributed by atoms with Gasteiger partial charge in [-0.3, -0.25) is 0 Å². The Labute approximate surface area is 213 Å². The monoisotopic (exact) mass is 533 g/mol. The number of alkyl halides is 6. The topological polar surface area (TPSA) is 51.5 Å². The molecule has 10 heteroatoms. The van der Waals surface area contributed by atoms with E-state index in [1.165, 1.54) is 48.5 Å². The first-order valence-corrected chi connectivity index (χ1v) is 11.3. The van der Waals surface area contributed by atoms with E-state index in [4.69, 9.17) is 4.74 Å². The lowest BCUT2D eigenvalue weighted by Crippen LogP contribution is -2.55. The van der Waals surface area contributed by atoms with Crippen LogP contribution in [0.4, 0.5) is 26.3 Å². The van der Waals surface area contributed by atoms with Crippen LogP contribution in [0.15, 0.2) is 97.3 Å². The second-order valence-electron chi connectivity index (χ2n) is 8.63. The molecule has 0 spiro atoms. The summed E-state index contributed by atoms with van der Waals surface area (Å²) in [5.74, 6) is -1.64. The molecular weight excluding hydrogens is 512 g/mol. The zero-order chi connectivity index (χ0) is 27.6. The Kier molecular flexibility index (Phi) is 7.26. The zero-order valence-corrected chi connectivity index (χ0v) is 19.6. The molecule has 0 aliphatic heterocycles. The first-order chi connectivity index (χ1) is 17.9. The minimum atomic E-state index is -5.06. The average molecular weight is 533 g/mol. The molecular formula is C28H21F6NO3. The third-order valence-electron chi connectivity index (χ3n) is 6.16. The second kappa shape index (κ2) is 10.3. The van der Waals surface area contributed by atoms with Crippen LogP contribution in [0.2, 0.25) is 0 Å². The summed E-state index contributed by atoms with van der Waals surface area (Å²) >= 11 is 0. The van der Waals surface area contributed by atoms with Crippen molar-refractivity contribution in [1.82, 2.24) is 4.57 Å². The fourth-order valence-corrected chi connectivity index (χ4v) is 4.04. The Morgan fingerprint density at radius 2 is 1.24 bits per heavy atom. The second-order valence-corrected chi connectivity index (χ2v) is 8.63. The molecule has 0 radical (unpaired) electrons. The highest BCUT2D eigenvalue weighted by Gasteiger charge is 2.62. The lowest BCUT2D eigenvalue weighted by molar-refractivity contribution is -0.224. The number of benzene rings is 3. The first-order valence-electron chi connectivity index (χ1n) is 11.3. The van der Waals surface area contributed by atoms with Gasteiger partial charge in [0.1, 0.15) is 12.4 Å². The summed E-state index contributed by atoms with van der Waals surface area (Å²) in [6.07, 6.45) is -8.13. The normalized spacial score (nSPS) is 13.6. The van der Waals surface area contributed by atoms with Crippen molar-refractivity contribution in [3.8, 4) is 16.9 Å². The minimum absolute atomic E-state index is 0.137. The van der Waals surface area contributed by atoms with Gasteiger partial charge in [0, 0.05) is 18.8 Å². The molecule has 0 amide bonds. The number of hydrogen-bond acceptors (Lipinski definition) is 2. The molecule has 0 aliphatic carbocycles. The quantitative estimate of drug-likeness (QED) is 0.241. The fourth-order valence-electron chi connectivity index (χ4n) is 4.04. The van der Waals surface area contributed by atoms with Crippen LogP contribution in [0.3, 0.4) is 0 Å². The Morgan fingerprint density at radius 3 is 1.71 bits per heavy atom. The van der Waals surface area contributed by atoms with Crippen molar-refractivity contribution in [2.75, 3.05) is 0 Å². The first kappa shape index (κ1) is 26.8. The number of ether oxygens (including phenoxy) is 1. The Hall–Kier alpha value is -4.21. The molecule has 38 heavy (non-hydrogen) atoms. The van der Waals surface area contributed by atoms with Gasteiger partial charge in [-0.2, -0.15) is 26.3 Å². The third-order valence-corrected chi connectivity index (χ3v) is 6.16. The molecule has 0 fully saturated rings. The molecule has 3 aromatic carbocycles. The molecule has 0 unspecified atom stereocenters. The maximum absolute atomic E-state index is 14.0. The zero-order valence-electron chi connectivity index (χ0n) is 19.6. The van der Waals surface area contributed by atoms with Crippen molar-refractivity contribution in [2.24, 2.45) is 0 Å². The number of carbonyl (C=O) groups is 1. The minimum Gasteiger partial charge on any atom is -0.489 e. The smallest absolute Gasteiger partial charge is 0.423 e. The van der Waals surface area contributed by atoms with Gasteiger partial charge in [0.25, 0.3) is 0 Å². The summed E-state index contributed by atoms with van der Waals surface area (Å²) in [6, 6.07) is 20.2. The van der Waals surface area contributed by atoms with E-state index in [1.807, 2.05) is 0 Å². The summed E-state index contributed by atoms with van der Waals surface area (Å²) < 4.78 is 86.6. The number of rotatable bonds is 8. The van der Waals surface area contributed by atoms with Crippen molar-refractivity contribution in [1.29, 1.82) is 0 Å². The number of aromatic nitrogens is 1. The van der Waals surface area contributed by atoms with Crippen LogP contribution in [-0.2, 0) is 29.5 Å². The molecule has 4 rings (SSSR count). The number of hydrogen-bond donors (Lipinski definition) is 1. The average Bonchev–Trinajstić information content (AvgIpc) is 3.41. The van der Waals surface area contributed by atoms with Crippen LogP contribution in [0, 0.1) is 0 Å². The number of carboxylic acids is 1. The van der Waals surface area contributed by atoms with Gasteiger partial charge < -0.3 is 14.4 Å². The molecule has 1 N–H and O–H groups in total. The van der Waals surface area contributed by atoms with Gasteiger partial charge in [-0.25, -0.2) is 4.79 Å². The molecule has 0 bridgehead atoms. The van der Waals surface area contributed by atoms with E-state index < -0.39 is 35.8 Å². The predicted molar refractivity (Wildman–Crippen MR) is 127 cm³/mol. The predicted octanol–water partition coefficient (Wildman–Crippen LogP) is 7.34. The van der Waals surface area contributed by atoms with E-state index in [2.05, 4.69) is 0 Å². The van der Waals surface area contributed by atoms with Gasteiger partial charge in [-0.15, -0.1) is 0 Å². The van der Waals surface area contributed by atoms with Gasteiger partial charge in [-0.1, -0.05) is 48.5 Å². The molecule has 0 saturated heterocycles. The molecule has 198 valence electrons. The maximum Gasteiger partial charge on any atom is 0.423 e. The lowest BCUT2D eigenvalue weighted by atomic mass is 9.89. The van der Waals surface area contributed by atoms with Crippen LogP contribution in [-0.4, -0.2) is 21.8 Å². The van der Waals surface area contributed by atoms with Gasteiger partial charge in [0.2, 0.25) is 5.54 Å². The van der Waals surface area contributed by atoms with Crippen LogP contribution in [0.5, 0.6) is 5.75 Å². The Bertz CT molecular complexity index is 1360. The Morgan fingerprint density at radius 1 is 0.737 bits per heavy atom. The summed E-state index contributed by atoms with van der Waals surface area (Å²) in [6.45, 7) is 0.137. The standard InChI is InChI=1S/C28H21F6NO3/c29-27(30,31)23-11-9-22(10-12-23)21-7-3-20(4-8-21)18-38-24-13-5-19(6-14-24)17-26(25(36)37,28(32,33)34)35-15-1-2-16-35/h1-16H,17-18H2,(H,36,37)/t26-/m1/s1. The number of carboxylic acid groups (broad SMARTS) is 1. The van der Waals surface area contributed by atoms with Crippen LogP contribution in [0.1, 0.15) is 16.7 Å². The largest absolute Gasteiger partial charge is 0.489 e. The summed E-state index contributed by atoms with van der Waals surface area (Å²) in [4.78, 5) is 11.9. The van der Waals surface area contributed by atoms with E-state index in [1.54, 1.807) is 24.3 Å². The van der Waals surface area contributed by atoms with E-state index in [-0.39, 0.29) is 12.2 Å². The number of halogens is 6.